The molecule has 8 heteroatoms. The average Bonchev–Trinajstić information content (AvgIpc) is 2.79. The summed E-state index contributed by atoms with van der Waals surface area (Å²) in [6.07, 6.45) is 1.85. The Labute approximate surface area is 198 Å². The van der Waals surface area contributed by atoms with Crippen molar-refractivity contribution in [3.05, 3.63) is 64.4 Å². The normalized spacial score (nSPS) is 11.7. The second-order valence-electron chi connectivity index (χ2n) is 7.38. The van der Waals surface area contributed by atoms with E-state index in [1.807, 2.05) is 31.2 Å². The van der Waals surface area contributed by atoms with Gasteiger partial charge in [0.05, 0.1) is 12.9 Å². The zero-order valence-corrected chi connectivity index (χ0v) is 20.3. The van der Waals surface area contributed by atoms with E-state index < -0.39 is 11.9 Å². The summed E-state index contributed by atoms with van der Waals surface area (Å²) >= 11 is 7.35. The van der Waals surface area contributed by atoms with Gasteiger partial charge < -0.3 is 15.0 Å². The van der Waals surface area contributed by atoms with Crippen LogP contribution in [0.2, 0.25) is 5.02 Å². The van der Waals surface area contributed by atoms with Crippen LogP contribution in [0.1, 0.15) is 37.8 Å². The molecule has 0 saturated heterocycles. The van der Waals surface area contributed by atoms with Gasteiger partial charge in [0.1, 0.15) is 17.6 Å². The van der Waals surface area contributed by atoms with Crippen LogP contribution in [0, 0.1) is 5.82 Å². The Morgan fingerprint density at radius 1 is 1.22 bits per heavy atom. The molecule has 0 bridgehead atoms. The van der Waals surface area contributed by atoms with E-state index in [2.05, 4.69) is 5.32 Å². The molecule has 0 saturated carbocycles. The summed E-state index contributed by atoms with van der Waals surface area (Å²) in [4.78, 5) is 27.3. The van der Waals surface area contributed by atoms with Crippen molar-refractivity contribution < 1.29 is 18.7 Å². The monoisotopic (exact) mass is 480 g/mol. The summed E-state index contributed by atoms with van der Waals surface area (Å²) < 4.78 is 19.2. The van der Waals surface area contributed by atoms with E-state index in [4.69, 9.17) is 16.3 Å². The highest BCUT2D eigenvalue weighted by molar-refractivity contribution is 7.99. The van der Waals surface area contributed by atoms with Gasteiger partial charge in [0.15, 0.2) is 0 Å². The number of hydrogen-bond donors (Lipinski definition) is 1. The van der Waals surface area contributed by atoms with Crippen molar-refractivity contribution in [2.45, 2.75) is 45.0 Å². The molecule has 174 valence electrons. The number of carbonyl (C=O) groups excluding carboxylic acids is 2. The van der Waals surface area contributed by atoms with Gasteiger partial charge in [0.2, 0.25) is 11.8 Å². The first-order valence-electron chi connectivity index (χ1n) is 10.6. The third-order valence-corrected chi connectivity index (χ3v) is 6.34. The Morgan fingerprint density at radius 3 is 2.56 bits per heavy atom. The Kier molecular flexibility index (Phi) is 10.8. The molecule has 5 nitrogen and oxygen atoms in total. The van der Waals surface area contributed by atoms with Crippen molar-refractivity contribution >= 4 is 35.2 Å². The van der Waals surface area contributed by atoms with Gasteiger partial charge in [-0.25, -0.2) is 4.39 Å². The number of thioether (sulfide) groups is 1. The number of halogens is 2. The van der Waals surface area contributed by atoms with Crippen molar-refractivity contribution in [2.75, 3.05) is 19.4 Å². The van der Waals surface area contributed by atoms with Gasteiger partial charge in [0, 0.05) is 29.4 Å². The van der Waals surface area contributed by atoms with Crippen molar-refractivity contribution in [1.29, 1.82) is 0 Å². The molecule has 0 aliphatic heterocycles. The van der Waals surface area contributed by atoms with E-state index in [0.717, 1.165) is 18.4 Å². The van der Waals surface area contributed by atoms with Crippen LogP contribution in [-0.4, -0.2) is 42.2 Å². The predicted octanol–water partition coefficient (Wildman–Crippen LogP) is 5.05. The van der Waals surface area contributed by atoms with E-state index in [0.29, 0.717) is 22.9 Å². The molecule has 1 atom stereocenters. The summed E-state index contributed by atoms with van der Waals surface area (Å²) in [6.45, 7) is 4.63. The first kappa shape index (κ1) is 26.0. The molecule has 0 heterocycles. The van der Waals surface area contributed by atoms with E-state index >= 15 is 0 Å². The number of amides is 2. The third-order valence-electron chi connectivity index (χ3n) is 5.04. The van der Waals surface area contributed by atoms with Crippen LogP contribution >= 0.6 is 23.4 Å². The third kappa shape index (κ3) is 7.71. The fraction of sp³-hybridized carbons (Fsp3) is 0.417. The Bertz CT molecular complexity index is 875. The highest BCUT2D eigenvalue weighted by atomic mass is 35.5. The van der Waals surface area contributed by atoms with Gasteiger partial charge in [-0.2, -0.15) is 0 Å². The van der Waals surface area contributed by atoms with Gasteiger partial charge in [-0.15, -0.1) is 11.8 Å². The molecule has 2 aromatic rings. The van der Waals surface area contributed by atoms with Gasteiger partial charge in [-0.1, -0.05) is 43.1 Å². The SMILES string of the molecule is CCCCNC(=O)C(C)N(Cc1ccc(OC)cc1)C(=O)CSCc1c(F)cccc1Cl. The zero-order valence-electron chi connectivity index (χ0n) is 18.7. The second kappa shape index (κ2) is 13.3. The average molecular weight is 481 g/mol. The summed E-state index contributed by atoms with van der Waals surface area (Å²) in [5.74, 6) is 0.308. The second-order valence-corrected chi connectivity index (χ2v) is 8.78. The molecule has 0 aliphatic carbocycles. The molecule has 0 aromatic heterocycles. The Balaban J connectivity index is 2.08. The van der Waals surface area contributed by atoms with Crippen LogP contribution < -0.4 is 10.1 Å². The summed E-state index contributed by atoms with van der Waals surface area (Å²) in [5.41, 5.74) is 1.26. The minimum Gasteiger partial charge on any atom is -0.497 e. The Morgan fingerprint density at radius 2 is 1.94 bits per heavy atom. The van der Waals surface area contributed by atoms with E-state index in [1.165, 1.54) is 17.8 Å². The number of nitrogens with one attached hydrogen (secondary N) is 1. The topological polar surface area (TPSA) is 58.6 Å². The number of nitrogens with zero attached hydrogens (tertiary/aromatic N) is 1. The standard InChI is InChI=1S/C24H30ClFN2O3S/c1-4-5-13-27-24(30)17(2)28(14-18-9-11-19(31-3)12-10-18)23(29)16-32-15-20-21(25)7-6-8-22(20)26/h6-12,17H,4-5,13-16H2,1-3H3,(H,27,30). The molecule has 32 heavy (non-hydrogen) atoms. The van der Waals surface area contributed by atoms with Crippen LogP contribution in [0.25, 0.3) is 0 Å². The number of hydrogen-bond acceptors (Lipinski definition) is 4. The van der Waals surface area contributed by atoms with Crippen LogP contribution in [0.5, 0.6) is 5.75 Å². The number of unbranched alkanes of at least 4 members (excludes halogenated alkanes) is 1. The van der Waals surface area contributed by atoms with Gasteiger partial charge in [-0.05, 0) is 43.2 Å². The van der Waals surface area contributed by atoms with Crippen LogP contribution in [0.4, 0.5) is 4.39 Å². The molecule has 1 N–H and O–H groups in total. The lowest BCUT2D eigenvalue weighted by atomic mass is 10.1. The number of methoxy groups -OCH3 is 1. The van der Waals surface area contributed by atoms with Gasteiger partial charge >= 0.3 is 0 Å². The lowest BCUT2D eigenvalue weighted by Gasteiger charge is -2.29. The summed E-state index contributed by atoms with van der Waals surface area (Å²) in [7, 11) is 1.59. The summed E-state index contributed by atoms with van der Waals surface area (Å²) in [5, 5.41) is 3.23. The smallest absolute Gasteiger partial charge is 0.242 e. The zero-order chi connectivity index (χ0) is 23.5. The van der Waals surface area contributed by atoms with E-state index in [-0.39, 0.29) is 29.9 Å². The minimum absolute atomic E-state index is 0.105. The molecule has 0 radical (unpaired) electrons. The molecule has 0 fully saturated rings. The number of rotatable bonds is 12. The molecule has 0 aliphatic rings. The largest absolute Gasteiger partial charge is 0.497 e. The molecular formula is C24H30ClFN2O3S. The highest BCUT2D eigenvalue weighted by Crippen LogP contribution is 2.24. The first-order valence-corrected chi connectivity index (χ1v) is 12.1. The lowest BCUT2D eigenvalue weighted by Crippen LogP contribution is -2.48. The van der Waals surface area contributed by atoms with Crippen molar-refractivity contribution in [3.8, 4) is 5.75 Å². The lowest BCUT2D eigenvalue weighted by molar-refractivity contribution is -0.138. The molecule has 2 aromatic carbocycles. The molecular weight excluding hydrogens is 451 g/mol. The molecule has 2 amide bonds. The van der Waals surface area contributed by atoms with E-state index in [9.17, 15) is 14.0 Å². The van der Waals surface area contributed by atoms with Crippen molar-refractivity contribution in [1.82, 2.24) is 10.2 Å². The van der Waals surface area contributed by atoms with Crippen LogP contribution in [0.3, 0.4) is 0 Å². The fourth-order valence-electron chi connectivity index (χ4n) is 3.04. The maximum Gasteiger partial charge on any atom is 0.242 e. The van der Waals surface area contributed by atoms with Crippen molar-refractivity contribution in [2.24, 2.45) is 0 Å². The highest BCUT2D eigenvalue weighted by Gasteiger charge is 2.26. The van der Waals surface area contributed by atoms with Gasteiger partial charge in [-0.3, -0.25) is 9.59 Å². The minimum atomic E-state index is -0.640. The summed E-state index contributed by atoms with van der Waals surface area (Å²) in [6, 6.07) is 11.3. The maximum absolute atomic E-state index is 14.0. The quantitative estimate of drug-likeness (QED) is 0.432. The van der Waals surface area contributed by atoms with Crippen LogP contribution in [-0.2, 0) is 21.9 Å². The van der Waals surface area contributed by atoms with Crippen LogP contribution in [0.15, 0.2) is 42.5 Å². The Hall–Kier alpha value is -2.25. The van der Waals surface area contributed by atoms with Crippen molar-refractivity contribution in [3.63, 3.8) is 0 Å². The van der Waals surface area contributed by atoms with Gasteiger partial charge in [0.25, 0.3) is 0 Å². The number of ether oxygens (including phenoxy) is 1. The fourth-order valence-corrected chi connectivity index (χ4v) is 4.29. The molecule has 2 rings (SSSR count). The van der Waals surface area contributed by atoms with E-state index in [1.54, 1.807) is 31.1 Å². The molecule has 1 unspecified atom stereocenters. The first-order chi connectivity index (χ1) is 15.4. The number of carbonyl (C=O) groups is 2. The number of benzene rings is 2. The maximum atomic E-state index is 14.0. The molecule has 0 spiro atoms. The predicted molar refractivity (Wildman–Crippen MR) is 128 cm³/mol.